The van der Waals surface area contributed by atoms with E-state index in [0.717, 1.165) is 61.1 Å². The van der Waals surface area contributed by atoms with Crippen LogP contribution >= 0.6 is 22.9 Å². The van der Waals surface area contributed by atoms with Crippen molar-refractivity contribution in [3.8, 4) is 10.4 Å². The topological polar surface area (TPSA) is 115 Å². The normalized spacial score (nSPS) is 27.3. The predicted octanol–water partition coefficient (Wildman–Crippen LogP) is 3.63. The molecule has 2 aromatic heterocycles. The SMILES string of the molecule is NC(=O)c1nc([C@@H](C(=O)N2C[C@H](Cl)[C@H]3OCC(=O)[C@H]32)C2CCCCC2)c(-c2ccc(C3CC3)nc2)s1. The molecule has 2 aromatic rings. The third-order valence-electron chi connectivity index (χ3n) is 8.00. The molecule has 6 rings (SSSR count). The highest BCUT2D eigenvalue weighted by Gasteiger charge is 2.53. The number of alkyl halides is 1. The number of hydrogen-bond acceptors (Lipinski definition) is 7. The van der Waals surface area contributed by atoms with Gasteiger partial charge in [-0.3, -0.25) is 19.4 Å². The van der Waals surface area contributed by atoms with Gasteiger partial charge >= 0.3 is 0 Å². The van der Waals surface area contributed by atoms with Crippen LogP contribution in [0.4, 0.5) is 0 Å². The number of thiazole rings is 1. The van der Waals surface area contributed by atoms with Gasteiger partial charge in [0.15, 0.2) is 10.8 Å². The number of carbonyl (C=O) groups excluding carboxylic acids is 3. The number of hydrogen-bond donors (Lipinski definition) is 1. The Kier molecular flexibility index (Phi) is 6.34. The molecule has 4 fully saturated rings. The van der Waals surface area contributed by atoms with E-state index in [0.29, 0.717) is 11.6 Å². The van der Waals surface area contributed by atoms with Gasteiger partial charge in [-0.05, 0) is 37.7 Å². The number of aromatic nitrogens is 2. The summed E-state index contributed by atoms with van der Waals surface area (Å²) in [7, 11) is 0. The van der Waals surface area contributed by atoms with Gasteiger partial charge in [0.05, 0.1) is 21.9 Å². The third kappa shape index (κ3) is 4.25. The molecule has 190 valence electrons. The lowest BCUT2D eigenvalue weighted by Crippen LogP contribution is -2.45. The molecule has 4 aliphatic rings. The second-order valence-electron chi connectivity index (χ2n) is 10.4. The number of nitrogens with two attached hydrogens (primary N) is 1. The lowest BCUT2D eigenvalue weighted by molar-refractivity contribution is -0.139. The van der Waals surface area contributed by atoms with Crippen LogP contribution in [-0.4, -0.2) is 63.1 Å². The van der Waals surface area contributed by atoms with E-state index in [1.165, 1.54) is 11.3 Å². The van der Waals surface area contributed by atoms with Crippen LogP contribution in [0.5, 0.6) is 0 Å². The van der Waals surface area contributed by atoms with Crippen LogP contribution in [0.2, 0.25) is 0 Å². The summed E-state index contributed by atoms with van der Waals surface area (Å²) in [5.41, 5.74) is 8.10. The summed E-state index contributed by atoms with van der Waals surface area (Å²) in [4.78, 5) is 50.8. The number of amides is 2. The van der Waals surface area contributed by atoms with Crippen molar-refractivity contribution in [2.75, 3.05) is 13.2 Å². The third-order valence-corrected chi connectivity index (χ3v) is 9.52. The van der Waals surface area contributed by atoms with Gasteiger partial charge in [-0.25, -0.2) is 4.98 Å². The molecule has 0 bridgehead atoms. The number of Topliss-reactive ketones (excluding diaryl/α,β-unsaturated/α-hetero) is 1. The van der Waals surface area contributed by atoms with Gasteiger partial charge in [0.25, 0.3) is 5.91 Å². The first kappa shape index (κ1) is 24.0. The van der Waals surface area contributed by atoms with Gasteiger partial charge in [-0.1, -0.05) is 25.3 Å². The number of halogens is 1. The molecule has 2 N–H and O–H groups in total. The molecule has 10 heteroatoms. The molecule has 2 aliphatic carbocycles. The summed E-state index contributed by atoms with van der Waals surface area (Å²) in [6, 6.07) is 3.36. The van der Waals surface area contributed by atoms with Gasteiger partial charge < -0.3 is 15.4 Å². The first-order chi connectivity index (χ1) is 17.4. The Labute approximate surface area is 218 Å². The highest BCUT2D eigenvalue weighted by atomic mass is 35.5. The van der Waals surface area contributed by atoms with Crippen molar-refractivity contribution < 1.29 is 19.1 Å². The molecule has 2 saturated carbocycles. The van der Waals surface area contributed by atoms with E-state index in [9.17, 15) is 14.4 Å². The van der Waals surface area contributed by atoms with Crippen LogP contribution in [-0.2, 0) is 14.3 Å². The van der Waals surface area contributed by atoms with Crippen LogP contribution in [0.15, 0.2) is 18.3 Å². The zero-order valence-electron chi connectivity index (χ0n) is 19.9. The second kappa shape index (κ2) is 9.50. The molecule has 4 heterocycles. The van der Waals surface area contributed by atoms with E-state index in [4.69, 9.17) is 22.1 Å². The first-order valence-corrected chi connectivity index (χ1v) is 14.0. The maximum absolute atomic E-state index is 14.3. The average molecular weight is 529 g/mol. The van der Waals surface area contributed by atoms with Crippen molar-refractivity contribution in [1.29, 1.82) is 0 Å². The summed E-state index contributed by atoms with van der Waals surface area (Å²) in [5, 5.41) is -0.262. The Bertz CT molecular complexity index is 1190. The maximum Gasteiger partial charge on any atom is 0.277 e. The molecule has 0 unspecified atom stereocenters. The summed E-state index contributed by atoms with van der Waals surface area (Å²) in [5.74, 6) is -0.915. The number of carbonyl (C=O) groups is 3. The highest BCUT2D eigenvalue weighted by Crippen LogP contribution is 2.45. The minimum Gasteiger partial charge on any atom is -0.366 e. The minimum absolute atomic E-state index is 0.0246. The van der Waals surface area contributed by atoms with Crippen molar-refractivity contribution in [3.63, 3.8) is 0 Å². The van der Waals surface area contributed by atoms with Crippen molar-refractivity contribution >= 4 is 40.5 Å². The number of ketones is 1. The smallest absolute Gasteiger partial charge is 0.277 e. The van der Waals surface area contributed by atoms with Gasteiger partial charge in [-0.15, -0.1) is 22.9 Å². The fourth-order valence-corrected chi connectivity index (χ4v) is 7.34. The van der Waals surface area contributed by atoms with Crippen molar-refractivity contribution in [2.45, 2.75) is 74.3 Å². The molecule has 2 aliphatic heterocycles. The highest BCUT2D eigenvalue weighted by molar-refractivity contribution is 7.17. The molecule has 2 amide bonds. The molecule has 4 atom stereocenters. The minimum atomic E-state index is -0.664. The van der Waals surface area contributed by atoms with E-state index in [2.05, 4.69) is 9.97 Å². The van der Waals surface area contributed by atoms with E-state index in [1.54, 1.807) is 4.90 Å². The number of primary amides is 1. The number of rotatable bonds is 6. The largest absolute Gasteiger partial charge is 0.366 e. The average Bonchev–Trinajstić information content (AvgIpc) is 3.39. The van der Waals surface area contributed by atoms with Crippen molar-refractivity contribution in [1.82, 2.24) is 14.9 Å². The standard InChI is InChI=1S/C26H29ClN4O4S/c27-16-11-31(21-18(32)12-35-22(16)21)26(34)19(14-4-2-1-3-5-14)20-23(36-25(30-20)24(28)33)15-8-9-17(29-10-15)13-6-7-13/h8-10,13-14,16,19,21-22H,1-7,11-12H2,(H2,28,33)/t16-,19-,21+,22+/m0/s1. The molecular formula is C26H29ClN4O4S. The Balaban J connectivity index is 1.42. The van der Waals surface area contributed by atoms with Crippen LogP contribution in [0.3, 0.4) is 0 Å². The quantitative estimate of drug-likeness (QED) is 0.572. The second-order valence-corrected chi connectivity index (χ2v) is 12.0. The number of fused-ring (bicyclic) bond motifs is 1. The monoisotopic (exact) mass is 528 g/mol. The number of likely N-dealkylation sites (tertiary alicyclic amines) is 1. The van der Waals surface area contributed by atoms with E-state index in [-0.39, 0.29) is 35.8 Å². The Hall–Kier alpha value is -2.36. The number of nitrogens with zero attached hydrogens (tertiary/aromatic N) is 3. The molecule has 0 radical (unpaired) electrons. The summed E-state index contributed by atoms with van der Waals surface area (Å²) in [6.45, 7) is 0.230. The van der Waals surface area contributed by atoms with Gasteiger partial charge in [0.2, 0.25) is 5.91 Å². The first-order valence-electron chi connectivity index (χ1n) is 12.8. The Morgan fingerprint density at radius 3 is 2.61 bits per heavy atom. The lowest BCUT2D eigenvalue weighted by Gasteiger charge is -2.33. The van der Waals surface area contributed by atoms with E-state index in [1.807, 2.05) is 18.3 Å². The summed E-state index contributed by atoms with van der Waals surface area (Å²) < 4.78 is 5.62. The Morgan fingerprint density at radius 1 is 1.17 bits per heavy atom. The lowest BCUT2D eigenvalue weighted by atomic mass is 9.77. The van der Waals surface area contributed by atoms with Crippen LogP contribution in [0, 0.1) is 5.92 Å². The van der Waals surface area contributed by atoms with Crippen LogP contribution in [0.1, 0.15) is 78.0 Å². The van der Waals surface area contributed by atoms with Crippen molar-refractivity contribution in [2.24, 2.45) is 11.7 Å². The summed E-state index contributed by atoms with van der Waals surface area (Å²) in [6.07, 6.45) is 8.60. The molecule has 0 spiro atoms. The molecule has 8 nitrogen and oxygen atoms in total. The molecule has 0 aromatic carbocycles. The predicted molar refractivity (Wildman–Crippen MR) is 135 cm³/mol. The fraction of sp³-hybridized carbons (Fsp3) is 0.577. The molecule has 36 heavy (non-hydrogen) atoms. The van der Waals surface area contributed by atoms with E-state index >= 15 is 0 Å². The van der Waals surface area contributed by atoms with Gasteiger partial charge in [0, 0.05) is 29.9 Å². The zero-order chi connectivity index (χ0) is 25.0. The zero-order valence-corrected chi connectivity index (χ0v) is 21.5. The Morgan fingerprint density at radius 2 is 1.94 bits per heavy atom. The molecular weight excluding hydrogens is 500 g/mol. The van der Waals surface area contributed by atoms with Crippen LogP contribution in [0.25, 0.3) is 10.4 Å². The summed E-state index contributed by atoms with van der Waals surface area (Å²) >= 11 is 7.73. The number of ether oxygens (including phenoxy) is 1. The maximum atomic E-state index is 14.3. The molecule has 2 saturated heterocycles. The van der Waals surface area contributed by atoms with Gasteiger partial charge in [-0.2, -0.15) is 0 Å². The van der Waals surface area contributed by atoms with Gasteiger partial charge in [0.1, 0.15) is 18.8 Å². The van der Waals surface area contributed by atoms with Crippen LogP contribution < -0.4 is 5.73 Å². The van der Waals surface area contributed by atoms with Crippen molar-refractivity contribution in [3.05, 3.63) is 34.7 Å². The fourth-order valence-electron chi connectivity index (χ4n) is 6.03. The number of pyridine rings is 1. The van der Waals surface area contributed by atoms with E-state index < -0.39 is 29.3 Å².